The van der Waals surface area contributed by atoms with Crippen molar-refractivity contribution in [2.24, 2.45) is 0 Å². The number of nitrogens with one attached hydrogen (secondary N) is 2. The number of alkyl carbamates (subject to hydrolysis) is 1. The Bertz CT molecular complexity index is 537. The minimum Gasteiger partial charge on any atom is -0.453 e. The number of carbonyl (C=O) groups is 1. The largest absolute Gasteiger partial charge is 0.453 e. The highest BCUT2D eigenvalue weighted by atomic mass is 16.5. The second-order valence-electron chi connectivity index (χ2n) is 3.82. The van der Waals surface area contributed by atoms with E-state index in [4.69, 9.17) is 0 Å². The molecule has 1 amide bonds. The SMILES string of the molecule is COC(=O)NCc1cc(-c2ncn[nH]2)ccc1C. The molecule has 0 spiro atoms. The minimum atomic E-state index is -0.445. The van der Waals surface area contributed by atoms with Gasteiger partial charge in [-0.2, -0.15) is 5.10 Å². The molecule has 0 saturated carbocycles. The number of aromatic amines is 1. The van der Waals surface area contributed by atoms with Gasteiger partial charge in [0.05, 0.1) is 7.11 Å². The van der Waals surface area contributed by atoms with E-state index in [1.807, 2.05) is 25.1 Å². The zero-order chi connectivity index (χ0) is 13.0. The molecule has 0 unspecified atom stereocenters. The summed E-state index contributed by atoms with van der Waals surface area (Å²) in [7, 11) is 1.34. The average molecular weight is 246 g/mol. The molecule has 0 radical (unpaired) electrons. The summed E-state index contributed by atoms with van der Waals surface area (Å²) in [6.45, 7) is 2.40. The van der Waals surface area contributed by atoms with Crippen molar-refractivity contribution in [3.8, 4) is 11.4 Å². The van der Waals surface area contributed by atoms with E-state index < -0.39 is 6.09 Å². The second kappa shape index (κ2) is 5.31. The molecule has 18 heavy (non-hydrogen) atoms. The number of hydrogen-bond donors (Lipinski definition) is 2. The Labute approximate surface area is 104 Å². The summed E-state index contributed by atoms with van der Waals surface area (Å²) in [6.07, 6.45) is 1.01. The van der Waals surface area contributed by atoms with Crippen LogP contribution in [0.3, 0.4) is 0 Å². The summed E-state index contributed by atoms with van der Waals surface area (Å²) in [5, 5.41) is 9.27. The van der Waals surface area contributed by atoms with Crippen molar-refractivity contribution in [3.05, 3.63) is 35.7 Å². The van der Waals surface area contributed by atoms with E-state index in [1.54, 1.807) is 0 Å². The van der Waals surface area contributed by atoms with E-state index in [-0.39, 0.29) is 0 Å². The number of aromatic nitrogens is 3. The second-order valence-corrected chi connectivity index (χ2v) is 3.82. The van der Waals surface area contributed by atoms with Crippen molar-refractivity contribution in [3.63, 3.8) is 0 Å². The van der Waals surface area contributed by atoms with Crippen LogP contribution in [0.25, 0.3) is 11.4 Å². The summed E-state index contributed by atoms with van der Waals surface area (Å²) < 4.78 is 4.54. The monoisotopic (exact) mass is 246 g/mol. The van der Waals surface area contributed by atoms with Crippen LogP contribution in [0.1, 0.15) is 11.1 Å². The highest BCUT2D eigenvalue weighted by Crippen LogP contribution is 2.18. The van der Waals surface area contributed by atoms with Gasteiger partial charge < -0.3 is 10.1 Å². The summed E-state index contributed by atoms with van der Waals surface area (Å²) in [6, 6.07) is 5.90. The van der Waals surface area contributed by atoms with Gasteiger partial charge in [0.2, 0.25) is 0 Å². The van der Waals surface area contributed by atoms with Crippen molar-refractivity contribution in [2.75, 3.05) is 7.11 Å². The predicted molar refractivity (Wildman–Crippen MR) is 65.8 cm³/mol. The first-order valence-corrected chi connectivity index (χ1v) is 5.48. The van der Waals surface area contributed by atoms with Crippen molar-refractivity contribution in [1.29, 1.82) is 0 Å². The van der Waals surface area contributed by atoms with Crippen LogP contribution in [0.15, 0.2) is 24.5 Å². The molecule has 0 atom stereocenters. The maximum absolute atomic E-state index is 11.0. The fraction of sp³-hybridized carbons (Fsp3) is 0.250. The molecule has 1 aromatic carbocycles. The molecule has 6 nitrogen and oxygen atoms in total. The molecular weight excluding hydrogens is 232 g/mol. The molecule has 0 aliphatic heterocycles. The number of hydrogen-bond acceptors (Lipinski definition) is 4. The predicted octanol–water partition coefficient (Wildman–Crippen LogP) is 1.64. The van der Waals surface area contributed by atoms with Gasteiger partial charge in [-0.3, -0.25) is 5.10 Å². The third-order valence-corrected chi connectivity index (χ3v) is 2.65. The molecule has 94 valence electrons. The number of carbonyl (C=O) groups excluding carboxylic acids is 1. The van der Waals surface area contributed by atoms with Crippen LogP contribution < -0.4 is 5.32 Å². The van der Waals surface area contributed by atoms with E-state index in [0.717, 1.165) is 16.7 Å². The first kappa shape index (κ1) is 12.1. The zero-order valence-electron chi connectivity index (χ0n) is 10.2. The molecule has 0 aliphatic carbocycles. The molecule has 1 heterocycles. The van der Waals surface area contributed by atoms with Gasteiger partial charge in [-0.25, -0.2) is 9.78 Å². The van der Waals surface area contributed by atoms with Crippen LogP contribution in [0.2, 0.25) is 0 Å². The van der Waals surface area contributed by atoms with Crippen molar-refractivity contribution in [1.82, 2.24) is 20.5 Å². The smallest absolute Gasteiger partial charge is 0.407 e. The quantitative estimate of drug-likeness (QED) is 0.862. The van der Waals surface area contributed by atoms with E-state index >= 15 is 0 Å². The highest BCUT2D eigenvalue weighted by molar-refractivity contribution is 5.67. The third-order valence-electron chi connectivity index (χ3n) is 2.65. The summed E-state index contributed by atoms with van der Waals surface area (Å²) in [5.41, 5.74) is 3.03. The summed E-state index contributed by atoms with van der Waals surface area (Å²) in [4.78, 5) is 15.1. The van der Waals surface area contributed by atoms with Crippen LogP contribution in [-0.4, -0.2) is 28.4 Å². The number of aryl methyl sites for hydroxylation is 1. The number of benzene rings is 1. The number of H-pyrrole nitrogens is 1. The fourth-order valence-electron chi connectivity index (χ4n) is 1.59. The number of amides is 1. The Morgan fingerprint density at radius 3 is 3.00 bits per heavy atom. The average Bonchev–Trinajstić information content (AvgIpc) is 2.91. The molecular formula is C12H14N4O2. The van der Waals surface area contributed by atoms with Crippen molar-refractivity contribution >= 4 is 6.09 Å². The zero-order valence-corrected chi connectivity index (χ0v) is 10.2. The van der Waals surface area contributed by atoms with Crippen LogP contribution in [0.4, 0.5) is 4.79 Å². The number of methoxy groups -OCH3 is 1. The van der Waals surface area contributed by atoms with Gasteiger partial charge in [0.1, 0.15) is 6.33 Å². The van der Waals surface area contributed by atoms with Gasteiger partial charge in [0.15, 0.2) is 5.82 Å². The van der Waals surface area contributed by atoms with Gasteiger partial charge in [0.25, 0.3) is 0 Å². The maximum Gasteiger partial charge on any atom is 0.407 e. The molecule has 6 heteroatoms. The normalized spacial score (nSPS) is 10.1. The molecule has 2 rings (SSSR count). The van der Waals surface area contributed by atoms with E-state index in [9.17, 15) is 4.79 Å². The molecule has 2 aromatic rings. The van der Waals surface area contributed by atoms with Crippen LogP contribution in [-0.2, 0) is 11.3 Å². The Hall–Kier alpha value is -2.37. The Morgan fingerprint density at radius 1 is 1.50 bits per heavy atom. The standard InChI is InChI=1S/C12H14N4O2/c1-8-3-4-9(11-14-7-15-16-11)5-10(8)6-13-12(17)18-2/h3-5,7H,6H2,1-2H3,(H,13,17)(H,14,15,16). The molecule has 2 N–H and O–H groups in total. The highest BCUT2D eigenvalue weighted by Gasteiger charge is 2.06. The summed E-state index contributed by atoms with van der Waals surface area (Å²) >= 11 is 0. The fourth-order valence-corrected chi connectivity index (χ4v) is 1.59. The Kier molecular flexibility index (Phi) is 3.57. The van der Waals surface area contributed by atoms with Crippen LogP contribution >= 0.6 is 0 Å². The lowest BCUT2D eigenvalue weighted by atomic mass is 10.0. The van der Waals surface area contributed by atoms with Gasteiger partial charge >= 0.3 is 6.09 Å². The molecule has 1 aromatic heterocycles. The lowest BCUT2D eigenvalue weighted by molar-refractivity contribution is 0.170. The van der Waals surface area contributed by atoms with Gasteiger partial charge in [-0.1, -0.05) is 12.1 Å². The van der Waals surface area contributed by atoms with Gasteiger partial charge in [-0.05, 0) is 24.1 Å². The van der Waals surface area contributed by atoms with E-state index in [0.29, 0.717) is 12.4 Å². The Balaban J connectivity index is 2.19. The molecule has 0 saturated heterocycles. The topological polar surface area (TPSA) is 79.9 Å². The first-order valence-electron chi connectivity index (χ1n) is 5.48. The van der Waals surface area contributed by atoms with E-state index in [2.05, 4.69) is 25.2 Å². The first-order chi connectivity index (χ1) is 8.70. The lowest BCUT2D eigenvalue weighted by Crippen LogP contribution is -2.22. The van der Waals surface area contributed by atoms with E-state index in [1.165, 1.54) is 13.4 Å². The van der Waals surface area contributed by atoms with Crippen molar-refractivity contribution < 1.29 is 9.53 Å². The summed E-state index contributed by atoms with van der Waals surface area (Å²) in [5.74, 6) is 0.703. The number of rotatable bonds is 3. The molecule has 0 fully saturated rings. The number of ether oxygens (including phenoxy) is 1. The van der Waals surface area contributed by atoms with Crippen LogP contribution in [0.5, 0.6) is 0 Å². The Morgan fingerprint density at radius 2 is 2.33 bits per heavy atom. The minimum absolute atomic E-state index is 0.417. The van der Waals surface area contributed by atoms with Gasteiger partial charge in [0, 0.05) is 12.1 Å². The van der Waals surface area contributed by atoms with Gasteiger partial charge in [-0.15, -0.1) is 0 Å². The lowest BCUT2D eigenvalue weighted by Gasteiger charge is -2.08. The van der Waals surface area contributed by atoms with Crippen LogP contribution in [0, 0.1) is 6.92 Å². The maximum atomic E-state index is 11.0. The van der Waals surface area contributed by atoms with Crippen molar-refractivity contribution in [2.45, 2.75) is 13.5 Å². The third kappa shape index (κ3) is 2.65. The molecule has 0 bridgehead atoms. The molecule has 0 aliphatic rings. The number of nitrogens with zero attached hydrogens (tertiary/aromatic N) is 2.